The zero-order chi connectivity index (χ0) is 46.0. The van der Waals surface area contributed by atoms with Gasteiger partial charge in [0.15, 0.2) is 11.4 Å². The number of carbonyl (C=O) groups is 4. The predicted molar refractivity (Wildman–Crippen MR) is 226 cm³/mol. The number of alkyl halides is 3. The van der Waals surface area contributed by atoms with Gasteiger partial charge >= 0.3 is 12.3 Å². The molecule has 0 radical (unpaired) electrons. The third-order valence-corrected chi connectivity index (χ3v) is 15.6. The number of hydrogen-bond donors (Lipinski definition) is 3. The number of rotatable bonds is 6. The molecule has 16 nitrogen and oxygen atoms in total. The molecule has 5 heterocycles. The van der Waals surface area contributed by atoms with Gasteiger partial charge < -0.3 is 34.5 Å². The fourth-order valence-corrected chi connectivity index (χ4v) is 10.9. The Bertz CT molecular complexity index is 2350. The molecular weight excluding hydrogens is 862 g/mol. The first kappa shape index (κ1) is 45.9. The van der Waals surface area contributed by atoms with E-state index in [2.05, 4.69) is 20.3 Å². The zero-order valence-electron chi connectivity index (χ0n) is 36.8. The maximum atomic E-state index is 15.3. The fourth-order valence-electron chi connectivity index (χ4n) is 9.57. The standard InChI is InChI=1S/C44H57F3N6O10S/c1-40(2,3)63-39(57)49-30-12-10-8-6-7-9-11-26-22-43(26,38(56)51-64(58,59)41(4)15-16-41)50-36(54)32-24-42(25-53(32)37(30)55)23-31(52-17-19-61-20-18-52)33-28-21-27(60-5)13-14-29(28)48-35(34(33)62-42)44(45,46)47/h9,11,13-14,21,26,30-32H,6-8,10,12,15-20,22-25H2,1-5H3,(H,49,57)(H,50,54)(H,51,56)/b11-9-/t26-,30+,31-,32+,42-,43-/m1/s1. The summed E-state index contributed by atoms with van der Waals surface area (Å²) < 4.78 is 96.9. The van der Waals surface area contributed by atoms with Crippen LogP contribution in [0.2, 0.25) is 0 Å². The number of benzene rings is 1. The summed E-state index contributed by atoms with van der Waals surface area (Å²) in [6.45, 7) is 7.50. The van der Waals surface area contributed by atoms with Gasteiger partial charge in [0.25, 0.3) is 5.91 Å². The van der Waals surface area contributed by atoms with Gasteiger partial charge in [0.05, 0.1) is 37.1 Å². The number of aromatic nitrogens is 1. The summed E-state index contributed by atoms with van der Waals surface area (Å²) in [4.78, 5) is 64.8. The van der Waals surface area contributed by atoms with Crippen molar-refractivity contribution in [3.8, 4) is 11.5 Å². The zero-order valence-corrected chi connectivity index (χ0v) is 37.6. The van der Waals surface area contributed by atoms with Crippen LogP contribution in [0.4, 0.5) is 18.0 Å². The molecule has 350 valence electrons. The van der Waals surface area contributed by atoms with Gasteiger partial charge in [-0.05, 0) is 84.4 Å². The highest BCUT2D eigenvalue weighted by molar-refractivity contribution is 7.91. The van der Waals surface area contributed by atoms with Crippen molar-refractivity contribution in [3.63, 3.8) is 0 Å². The Morgan fingerprint density at radius 1 is 1.02 bits per heavy atom. The van der Waals surface area contributed by atoms with E-state index in [1.165, 1.54) is 31.1 Å². The highest BCUT2D eigenvalue weighted by Crippen LogP contribution is 2.54. The van der Waals surface area contributed by atoms with Crippen molar-refractivity contribution >= 4 is 44.7 Å². The number of amides is 4. The quantitative estimate of drug-likeness (QED) is 0.327. The van der Waals surface area contributed by atoms with Crippen molar-refractivity contribution in [1.29, 1.82) is 0 Å². The Labute approximate surface area is 370 Å². The first-order chi connectivity index (χ1) is 30.1. The van der Waals surface area contributed by atoms with Gasteiger partial charge in [-0.3, -0.25) is 24.0 Å². The van der Waals surface area contributed by atoms with Gasteiger partial charge in [-0.25, -0.2) is 18.2 Å². The molecule has 2 aromatic rings. The van der Waals surface area contributed by atoms with Crippen LogP contribution in [0.25, 0.3) is 10.9 Å². The lowest BCUT2D eigenvalue weighted by atomic mass is 9.82. The van der Waals surface area contributed by atoms with Crippen LogP contribution in [-0.4, -0.2) is 121 Å². The van der Waals surface area contributed by atoms with E-state index in [0.29, 0.717) is 76.0 Å². The molecule has 6 atom stereocenters. The second kappa shape index (κ2) is 16.6. The van der Waals surface area contributed by atoms with E-state index in [0.717, 1.165) is 0 Å². The minimum Gasteiger partial charge on any atom is -0.497 e. The van der Waals surface area contributed by atoms with Crippen molar-refractivity contribution in [3.05, 3.63) is 41.6 Å². The van der Waals surface area contributed by atoms with Crippen LogP contribution in [0, 0.1) is 5.92 Å². The molecule has 20 heteroatoms. The molecule has 0 unspecified atom stereocenters. The third-order valence-electron chi connectivity index (χ3n) is 13.5. The summed E-state index contributed by atoms with van der Waals surface area (Å²) >= 11 is 0. The summed E-state index contributed by atoms with van der Waals surface area (Å²) in [5.74, 6) is -3.16. The van der Waals surface area contributed by atoms with Crippen molar-refractivity contribution in [2.24, 2.45) is 5.92 Å². The van der Waals surface area contributed by atoms with Gasteiger partial charge in [0.2, 0.25) is 21.8 Å². The summed E-state index contributed by atoms with van der Waals surface area (Å²) in [7, 11) is -2.68. The first-order valence-corrected chi connectivity index (χ1v) is 23.5. The molecule has 3 N–H and O–H groups in total. The van der Waals surface area contributed by atoms with E-state index in [1.807, 2.05) is 11.0 Å². The Morgan fingerprint density at radius 3 is 2.41 bits per heavy atom. The van der Waals surface area contributed by atoms with E-state index in [1.54, 1.807) is 32.9 Å². The number of pyridine rings is 1. The molecule has 6 aliphatic rings. The number of fused-ring (bicyclic) bond motifs is 5. The van der Waals surface area contributed by atoms with Crippen LogP contribution >= 0.6 is 0 Å². The second-order valence-corrected chi connectivity index (χ2v) is 21.5. The SMILES string of the molecule is COc1ccc2nc(C(F)(F)F)c3c(c2c1)[C@H](N1CCOCC1)C[C@]1(C[C@H]2C(=O)N[C@]4(C(=O)NS(=O)(=O)C5(C)CC5)C[C@H]4/C=C\CCCCC[C@H](NC(=O)OC(C)(C)C)C(=O)N2C1)O3. The lowest BCUT2D eigenvalue weighted by molar-refractivity contribution is -0.145. The van der Waals surface area contributed by atoms with Crippen LogP contribution < -0.4 is 24.8 Å². The monoisotopic (exact) mass is 918 g/mol. The summed E-state index contributed by atoms with van der Waals surface area (Å²) in [5.41, 5.74) is -5.21. The number of allylic oxidation sites excluding steroid dienone is 1. The average Bonchev–Trinajstić information content (AvgIpc) is 4.12. The Morgan fingerprint density at radius 2 is 1.73 bits per heavy atom. The lowest BCUT2D eigenvalue weighted by Crippen LogP contribution is -2.58. The fraction of sp³-hybridized carbons (Fsp3) is 0.659. The molecule has 8 rings (SSSR count). The maximum absolute atomic E-state index is 15.3. The molecule has 1 spiro atoms. The van der Waals surface area contributed by atoms with Crippen molar-refractivity contribution in [2.75, 3.05) is 40.0 Å². The number of carbonyl (C=O) groups excluding carboxylic acids is 4. The molecule has 1 aromatic carbocycles. The molecule has 2 aliphatic carbocycles. The second-order valence-electron chi connectivity index (χ2n) is 19.3. The van der Waals surface area contributed by atoms with Crippen LogP contribution in [0.5, 0.6) is 11.5 Å². The molecular formula is C44H57F3N6O10S. The first-order valence-electron chi connectivity index (χ1n) is 22.0. The third kappa shape index (κ3) is 8.97. The van der Waals surface area contributed by atoms with Gasteiger partial charge in [0.1, 0.15) is 34.6 Å². The average molecular weight is 919 g/mol. The number of alkyl carbamates (subject to hydrolysis) is 1. The molecule has 2 saturated heterocycles. The Kier molecular flexibility index (Phi) is 11.9. The Balaban J connectivity index is 1.23. The predicted octanol–water partition coefficient (Wildman–Crippen LogP) is 5.04. The molecule has 64 heavy (non-hydrogen) atoms. The maximum Gasteiger partial charge on any atom is 0.437 e. The number of nitrogens with one attached hydrogen (secondary N) is 3. The van der Waals surface area contributed by atoms with E-state index in [-0.39, 0.29) is 43.3 Å². The normalized spacial score (nSPS) is 30.3. The molecule has 1 aromatic heterocycles. The van der Waals surface area contributed by atoms with Crippen LogP contribution in [0.1, 0.15) is 109 Å². The number of methoxy groups -OCH3 is 1. The summed E-state index contributed by atoms with van der Waals surface area (Å²) in [6.07, 6.45) is 0.902. The number of morpholine rings is 1. The summed E-state index contributed by atoms with van der Waals surface area (Å²) in [5, 5.41) is 5.92. The van der Waals surface area contributed by atoms with Crippen molar-refractivity contribution in [2.45, 2.75) is 138 Å². The van der Waals surface area contributed by atoms with Gasteiger partial charge in [-0.1, -0.05) is 25.0 Å². The molecule has 2 saturated carbocycles. The Hall–Kier alpha value is -4.69. The number of hydrogen-bond acceptors (Lipinski definition) is 12. The number of halogens is 3. The highest BCUT2D eigenvalue weighted by atomic mass is 32.2. The van der Waals surface area contributed by atoms with E-state index in [4.69, 9.17) is 18.9 Å². The number of sulfonamides is 1. The largest absolute Gasteiger partial charge is 0.497 e. The number of ether oxygens (including phenoxy) is 4. The minimum absolute atomic E-state index is 0.0269. The molecule has 4 fully saturated rings. The van der Waals surface area contributed by atoms with Crippen LogP contribution in [0.3, 0.4) is 0 Å². The van der Waals surface area contributed by atoms with Gasteiger partial charge in [0, 0.05) is 48.8 Å². The van der Waals surface area contributed by atoms with E-state index in [9.17, 15) is 22.8 Å². The lowest BCUT2D eigenvalue weighted by Gasteiger charge is -2.45. The topological polar surface area (TPSA) is 195 Å². The molecule has 4 amide bonds. The minimum atomic E-state index is -4.99. The van der Waals surface area contributed by atoms with Crippen LogP contribution in [-0.2, 0) is 40.1 Å². The van der Waals surface area contributed by atoms with Crippen molar-refractivity contribution in [1.82, 2.24) is 30.1 Å². The van der Waals surface area contributed by atoms with Gasteiger partial charge in [-0.2, -0.15) is 13.2 Å². The smallest absolute Gasteiger partial charge is 0.437 e. The van der Waals surface area contributed by atoms with E-state index < -0.39 is 97.0 Å². The van der Waals surface area contributed by atoms with E-state index >= 15 is 18.0 Å². The highest BCUT2D eigenvalue weighted by Gasteiger charge is 2.64. The molecule has 0 bridgehead atoms. The van der Waals surface area contributed by atoms with Crippen molar-refractivity contribution < 1.29 is 59.7 Å². The number of nitrogens with zero attached hydrogens (tertiary/aromatic N) is 3. The van der Waals surface area contributed by atoms with Crippen LogP contribution in [0.15, 0.2) is 30.4 Å². The van der Waals surface area contributed by atoms with Gasteiger partial charge in [-0.15, -0.1) is 0 Å². The summed E-state index contributed by atoms with van der Waals surface area (Å²) in [6, 6.07) is 1.20. The molecule has 4 aliphatic heterocycles.